The van der Waals surface area contributed by atoms with Crippen molar-refractivity contribution in [3.63, 3.8) is 0 Å². The minimum atomic E-state index is -0.408. The van der Waals surface area contributed by atoms with Crippen molar-refractivity contribution in [3.8, 4) is 17.2 Å². The summed E-state index contributed by atoms with van der Waals surface area (Å²) in [6, 6.07) is 8.87. The number of benzene rings is 2. The van der Waals surface area contributed by atoms with Crippen molar-refractivity contribution in [2.24, 2.45) is 0 Å². The first kappa shape index (κ1) is 19.1. The summed E-state index contributed by atoms with van der Waals surface area (Å²) in [7, 11) is 4.56. The van der Waals surface area contributed by atoms with Crippen LogP contribution < -0.4 is 24.8 Å². The minimum Gasteiger partial charge on any atom is -0.493 e. The van der Waals surface area contributed by atoms with E-state index in [-0.39, 0.29) is 0 Å². The number of amides is 2. The summed E-state index contributed by atoms with van der Waals surface area (Å²) in [5, 5.41) is 6.05. The summed E-state index contributed by atoms with van der Waals surface area (Å²) in [4.78, 5) is 18.0. The highest BCUT2D eigenvalue weighted by molar-refractivity contribution is 7.98. The lowest BCUT2D eigenvalue weighted by Crippen LogP contribution is -2.19. The third-order valence-corrected chi connectivity index (χ3v) is 5.45. The average Bonchev–Trinajstić information content (AvgIpc) is 3.09. The Morgan fingerprint density at radius 1 is 1.07 bits per heavy atom. The molecule has 9 heteroatoms. The van der Waals surface area contributed by atoms with Gasteiger partial charge in [0.05, 0.1) is 37.2 Å². The van der Waals surface area contributed by atoms with Gasteiger partial charge in [-0.15, -0.1) is 11.8 Å². The van der Waals surface area contributed by atoms with Gasteiger partial charge in [0.1, 0.15) is 0 Å². The topological polar surface area (TPSA) is 81.7 Å². The molecule has 0 atom stereocenters. The van der Waals surface area contributed by atoms with Crippen molar-refractivity contribution in [2.45, 2.75) is 4.90 Å². The van der Waals surface area contributed by atoms with Crippen LogP contribution in [-0.4, -0.2) is 38.6 Å². The van der Waals surface area contributed by atoms with E-state index in [1.54, 1.807) is 23.9 Å². The summed E-state index contributed by atoms with van der Waals surface area (Å²) < 4.78 is 16.9. The van der Waals surface area contributed by atoms with Gasteiger partial charge in [-0.05, 0) is 18.4 Å². The number of carbonyl (C=O) groups excluding carboxylic acids is 1. The zero-order valence-electron chi connectivity index (χ0n) is 15.3. The van der Waals surface area contributed by atoms with Crippen LogP contribution in [0.25, 0.3) is 10.2 Å². The van der Waals surface area contributed by atoms with Crippen molar-refractivity contribution >= 4 is 50.2 Å². The first-order valence-electron chi connectivity index (χ1n) is 7.91. The van der Waals surface area contributed by atoms with E-state index in [4.69, 9.17) is 14.2 Å². The molecule has 142 valence electrons. The van der Waals surface area contributed by atoms with E-state index in [2.05, 4.69) is 15.6 Å². The van der Waals surface area contributed by atoms with Gasteiger partial charge in [0.15, 0.2) is 16.6 Å². The van der Waals surface area contributed by atoms with Gasteiger partial charge < -0.3 is 19.5 Å². The van der Waals surface area contributed by atoms with Gasteiger partial charge in [-0.3, -0.25) is 5.32 Å². The van der Waals surface area contributed by atoms with E-state index < -0.39 is 6.03 Å². The van der Waals surface area contributed by atoms with E-state index >= 15 is 0 Å². The van der Waals surface area contributed by atoms with Crippen molar-refractivity contribution < 1.29 is 19.0 Å². The lowest BCUT2D eigenvalue weighted by molar-refractivity contribution is 0.262. The van der Waals surface area contributed by atoms with Crippen LogP contribution in [0.15, 0.2) is 35.2 Å². The Bertz CT molecular complexity index is 949. The second-order valence-electron chi connectivity index (χ2n) is 5.32. The summed E-state index contributed by atoms with van der Waals surface area (Å²) in [5.41, 5.74) is 1.39. The second kappa shape index (κ2) is 8.36. The first-order chi connectivity index (χ1) is 13.1. The number of urea groups is 1. The van der Waals surface area contributed by atoms with Crippen molar-refractivity contribution in [1.82, 2.24) is 4.98 Å². The minimum absolute atomic E-state index is 0.408. The first-order valence-corrected chi connectivity index (χ1v) is 9.95. The molecule has 0 aliphatic heterocycles. The van der Waals surface area contributed by atoms with E-state index in [1.165, 1.54) is 32.7 Å². The fourth-order valence-corrected chi connectivity index (χ4v) is 4.07. The number of fused-ring (bicyclic) bond motifs is 1. The Kier molecular flexibility index (Phi) is 5.92. The molecule has 0 saturated heterocycles. The SMILES string of the molecule is COc1cc(NC(=O)Nc2nc3c(SC)cccc3s2)cc(OC)c1OC. The number of hydrogen-bond acceptors (Lipinski definition) is 7. The van der Waals surface area contributed by atoms with Gasteiger partial charge in [-0.2, -0.15) is 0 Å². The van der Waals surface area contributed by atoms with Gasteiger partial charge >= 0.3 is 6.03 Å². The number of rotatable bonds is 6. The molecule has 0 fully saturated rings. The van der Waals surface area contributed by atoms with Gasteiger partial charge in [0.25, 0.3) is 0 Å². The van der Waals surface area contributed by atoms with E-state index in [1.807, 2.05) is 24.5 Å². The van der Waals surface area contributed by atoms with Crippen LogP contribution in [0, 0.1) is 0 Å². The van der Waals surface area contributed by atoms with Crippen molar-refractivity contribution in [3.05, 3.63) is 30.3 Å². The molecule has 2 aromatic carbocycles. The molecule has 27 heavy (non-hydrogen) atoms. The number of para-hydroxylation sites is 1. The number of carbonyl (C=O) groups is 1. The molecule has 0 aliphatic carbocycles. The number of methoxy groups -OCH3 is 3. The van der Waals surface area contributed by atoms with Crippen LogP contribution in [0.4, 0.5) is 15.6 Å². The number of ether oxygens (including phenoxy) is 3. The number of nitrogens with zero attached hydrogens (tertiary/aromatic N) is 1. The molecule has 7 nitrogen and oxygen atoms in total. The number of anilines is 2. The smallest absolute Gasteiger partial charge is 0.325 e. The molecular weight excluding hydrogens is 386 g/mol. The van der Waals surface area contributed by atoms with Crippen molar-refractivity contribution in [1.29, 1.82) is 0 Å². The molecule has 3 aromatic rings. The van der Waals surface area contributed by atoms with Gasteiger partial charge in [0.2, 0.25) is 5.75 Å². The quantitative estimate of drug-likeness (QED) is 0.579. The van der Waals surface area contributed by atoms with Crippen molar-refractivity contribution in [2.75, 3.05) is 38.2 Å². The maximum absolute atomic E-state index is 12.4. The van der Waals surface area contributed by atoms with Crippen LogP contribution in [0.5, 0.6) is 17.2 Å². The maximum Gasteiger partial charge on any atom is 0.325 e. The Morgan fingerprint density at radius 3 is 2.37 bits per heavy atom. The summed E-state index contributed by atoms with van der Waals surface area (Å²) in [6.45, 7) is 0. The fraction of sp³-hybridized carbons (Fsp3) is 0.222. The van der Waals surface area contributed by atoms with E-state index in [0.29, 0.717) is 28.1 Å². The molecule has 2 N–H and O–H groups in total. The van der Waals surface area contributed by atoms with Crippen LogP contribution in [-0.2, 0) is 0 Å². The number of aromatic nitrogens is 1. The fourth-order valence-electron chi connectivity index (χ4n) is 2.55. The highest BCUT2D eigenvalue weighted by Gasteiger charge is 2.15. The molecule has 0 unspecified atom stereocenters. The van der Waals surface area contributed by atoms with Crippen LogP contribution in [0.1, 0.15) is 0 Å². The largest absolute Gasteiger partial charge is 0.493 e. The number of nitrogens with one attached hydrogen (secondary N) is 2. The predicted octanol–water partition coefficient (Wildman–Crippen LogP) is 4.69. The standard InChI is InChI=1S/C18H19N3O4S2/c1-23-11-8-10(9-12(24-2)16(11)25-3)19-17(22)21-18-20-15-13(26-4)6-5-7-14(15)27-18/h5-9H,1-4H3,(H2,19,20,21,22). The lowest BCUT2D eigenvalue weighted by Gasteiger charge is -2.14. The Morgan fingerprint density at radius 2 is 1.78 bits per heavy atom. The zero-order valence-corrected chi connectivity index (χ0v) is 16.9. The summed E-state index contributed by atoms with van der Waals surface area (Å²) >= 11 is 3.04. The Labute approximate surface area is 165 Å². The normalized spacial score (nSPS) is 10.5. The zero-order chi connectivity index (χ0) is 19.4. The number of thioether (sulfide) groups is 1. The molecule has 0 saturated carbocycles. The Balaban J connectivity index is 1.80. The predicted molar refractivity (Wildman–Crippen MR) is 110 cm³/mol. The maximum atomic E-state index is 12.4. The number of hydrogen-bond donors (Lipinski definition) is 2. The third-order valence-electron chi connectivity index (χ3n) is 3.74. The van der Waals surface area contributed by atoms with Crippen LogP contribution in [0.2, 0.25) is 0 Å². The highest BCUT2D eigenvalue weighted by Crippen LogP contribution is 2.40. The van der Waals surface area contributed by atoms with Gasteiger partial charge in [-0.25, -0.2) is 9.78 Å². The van der Waals surface area contributed by atoms with Gasteiger partial charge in [0, 0.05) is 17.0 Å². The molecule has 3 rings (SSSR count). The molecule has 0 aliphatic rings. The Hall–Kier alpha value is -2.65. The summed E-state index contributed by atoms with van der Waals surface area (Å²) in [6.07, 6.45) is 2.00. The number of thiazole rings is 1. The lowest BCUT2D eigenvalue weighted by atomic mass is 10.2. The van der Waals surface area contributed by atoms with Crippen LogP contribution >= 0.6 is 23.1 Å². The molecule has 0 bridgehead atoms. The molecule has 1 aromatic heterocycles. The molecular formula is C18H19N3O4S2. The second-order valence-corrected chi connectivity index (χ2v) is 7.20. The third kappa shape index (κ3) is 4.04. The molecule has 0 radical (unpaired) electrons. The molecule has 1 heterocycles. The summed E-state index contributed by atoms with van der Waals surface area (Å²) in [5.74, 6) is 1.37. The average molecular weight is 406 g/mol. The molecule has 0 spiro atoms. The van der Waals surface area contributed by atoms with E-state index in [0.717, 1.165) is 15.1 Å². The highest BCUT2D eigenvalue weighted by atomic mass is 32.2. The van der Waals surface area contributed by atoms with Crippen LogP contribution in [0.3, 0.4) is 0 Å². The van der Waals surface area contributed by atoms with Gasteiger partial charge in [-0.1, -0.05) is 17.4 Å². The van der Waals surface area contributed by atoms with E-state index in [9.17, 15) is 4.79 Å². The molecule has 2 amide bonds. The monoisotopic (exact) mass is 405 g/mol.